The number of halogens is 1. The Labute approximate surface area is 169 Å². The van der Waals surface area contributed by atoms with Gasteiger partial charge in [0.15, 0.2) is 0 Å². The van der Waals surface area contributed by atoms with Crippen LogP contribution in [0.5, 0.6) is 23.0 Å². The normalized spacial score (nSPS) is 10.5. The Hall–Kier alpha value is -3.13. The predicted octanol–water partition coefficient (Wildman–Crippen LogP) is 4.32. The summed E-state index contributed by atoms with van der Waals surface area (Å²) in [7, 11) is 3.03. The largest absolute Gasteiger partial charge is 0.507 e. The molecule has 0 atom stereocenters. The Morgan fingerprint density at radius 1 is 1.11 bits per heavy atom. The van der Waals surface area contributed by atoms with Crippen LogP contribution in [-0.2, 0) is 11.2 Å². The molecule has 0 aliphatic carbocycles. The minimum absolute atomic E-state index is 0.127. The van der Waals surface area contributed by atoms with E-state index in [1.54, 1.807) is 30.3 Å². The molecule has 0 saturated carbocycles. The molecule has 3 N–H and O–H groups in total. The summed E-state index contributed by atoms with van der Waals surface area (Å²) in [5.74, 6) is 0.697. The molecule has 0 radical (unpaired) electrons. The summed E-state index contributed by atoms with van der Waals surface area (Å²) in [5.41, 5.74) is 1.20. The number of methoxy groups -OCH3 is 2. The van der Waals surface area contributed by atoms with Crippen LogP contribution in [0.2, 0.25) is 0 Å². The van der Waals surface area contributed by atoms with Gasteiger partial charge in [0.1, 0.15) is 28.8 Å². The first-order valence-electron chi connectivity index (χ1n) is 8.23. The molecule has 7 nitrogen and oxygen atoms in total. The molecule has 1 aromatic heterocycles. The molecule has 0 unspecified atom stereocenters. The molecule has 0 aliphatic heterocycles. The maximum absolute atomic E-state index is 12.7. The van der Waals surface area contributed by atoms with Gasteiger partial charge in [-0.2, -0.15) is 0 Å². The number of hydrogen-bond donors (Lipinski definition) is 3. The lowest BCUT2D eigenvalue weighted by Crippen LogP contribution is -2.15. The topological polar surface area (TPSA) is 101 Å². The molecule has 2 aromatic carbocycles. The van der Waals surface area contributed by atoms with Gasteiger partial charge in [0, 0.05) is 30.0 Å². The Morgan fingerprint density at radius 2 is 1.79 bits per heavy atom. The monoisotopic (exact) mass is 447 g/mol. The third-order valence-corrected chi connectivity index (χ3v) is 4.95. The number of carbonyl (C=O) groups excluding carboxylic acids is 1. The molecule has 3 rings (SSSR count). The molecule has 146 valence electrons. The number of hydrogen-bond acceptors (Lipinski definition) is 6. The van der Waals surface area contributed by atoms with E-state index in [1.165, 1.54) is 26.5 Å². The van der Waals surface area contributed by atoms with E-state index in [1.807, 2.05) is 0 Å². The van der Waals surface area contributed by atoms with Crippen molar-refractivity contribution in [2.24, 2.45) is 0 Å². The molecule has 0 fully saturated rings. The van der Waals surface area contributed by atoms with Crippen molar-refractivity contribution in [1.29, 1.82) is 0 Å². The number of benzene rings is 2. The molecule has 0 spiro atoms. The molecule has 0 aliphatic rings. The fourth-order valence-corrected chi connectivity index (χ4v) is 3.24. The summed E-state index contributed by atoms with van der Waals surface area (Å²) in [4.78, 5) is 12.7. The number of carbonyl (C=O) groups is 1. The van der Waals surface area contributed by atoms with E-state index in [9.17, 15) is 15.0 Å². The molecule has 0 saturated heterocycles. The minimum Gasteiger partial charge on any atom is -0.507 e. The second-order valence-electron chi connectivity index (χ2n) is 5.89. The molecular formula is C20H18BrNO6. The SMILES string of the molecule is COc1cc(NC(=O)Cc2c(Br)c(O)cc(O)c2-c2ccco2)cc(OC)c1. The fourth-order valence-electron chi connectivity index (χ4n) is 2.79. The average Bonchev–Trinajstić information content (AvgIpc) is 3.19. The Bertz CT molecular complexity index is 978. The predicted molar refractivity (Wildman–Crippen MR) is 107 cm³/mol. The van der Waals surface area contributed by atoms with Gasteiger partial charge in [0.2, 0.25) is 5.91 Å². The van der Waals surface area contributed by atoms with Crippen LogP contribution >= 0.6 is 15.9 Å². The highest BCUT2D eigenvalue weighted by molar-refractivity contribution is 9.10. The van der Waals surface area contributed by atoms with Gasteiger partial charge < -0.3 is 29.4 Å². The lowest BCUT2D eigenvalue weighted by molar-refractivity contribution is -0.115. The fraction of sp³-hybridized carbons (Fsp3) is 0.150. The Balaban J connectivity index is 1.93. The van der Waals surface area contributed by atoms with Gasteiger partial charge in [-0.05, 0) is 33.6 Å². The van der Waals surface area contributed by atoms with Crippen molar-refractivity contribution in [2.75, 3.05) is 19.5 Å². The summed E-state index contributed by atoms with van der Waals surface area (Å²) in [5, 5.41) is 23.1. The summed E-state index contributed by atoms with van der Waals surface area (Å²) in [6.45, 7) is 0. The highest BCUT2D eigenvalue weighted by Crippen LogP contribution is 2.42. The van der Waals surface area contributed by atoms with E-state index in [2.05, 4.69) is 21.2 Å². The zero-order valence-electron chi connectivity index (χ0n) is 15.2. The maximum atomic E-state index is 12.7. The van der Waals surface area contributed by atoms with Crippen molar-refractivity contribution in [1.82, 2.24) is 0 Å². The third-order valence-electron chi connectivity index (χ3n) is 4.06. The number of aromatic hydroxyl groups is 2. The number of nitrogens with one attached hydrogen (secondary N) is 1. The Kier molecular flexibility index (Phi) is 5.79. The number of phenolic OH excluding ortho intramolecular Hbond substituents is 2. The van der Waals surface area contributed by atoms with Crippen LogP contribution in [-0.4, -0.2) is 30.3 Å². The lowest BCUT2D eigenvalue weighted by Gasteiger charge is -2.14. The van der Waals surface area contributed by atoms with Gasteiger partial charge in [0.05, 0.1) is 36.9 Å². The van der Waals surface area contributed by atoms with Gasteiger partial charge in [0.25, 0.3) is 0 Å². The van der Waals surface area contributed by atoms with Gasteiger partial charge in [-0.3, -0.25) is 4.79 Å². The summed E-state index contributed by atoms with van der Waals surface area (Å²) in [6.07, 6.45) is 1.33. The van der Waals surface area contributed by atoms with Crippen LogP contribution in [0.4, 0.5) is 5.69 Å². The first kappa shape index (κ1) is 19.6. The van der Waals surface area contributed by atoms with Crippen molar-refractivity contribution in [3.8, 4) is 34.3 Å². The van der Waals surface area contributed by atoms with Crippen LogP contribution in [0.3, 0.4) is 0 Å². The van der Waals surface area contributed by atoms with Gasteiger partial charge >= 0.3 is 0 Å². The molecule has 1 heterocycles. The average molecular weight is 448 g/mol. The minimum atomic E-state index is -0.367. The highest BCUT2D eigenvalue weighted by Gasteiger charge is 2.22. The standard InChI is InChI=1S/C20H18BrNO6/c1-26-12-6-11(7-13(8-12)27-2)22-18(25)9-14-19(17-4-3-5-28-17)15(23)10-16(24)20(14)21/h3-8,10,23-24H,9H2,1-2H3,(H,22,25). The van der Waals surface area contributed by atoms with Gasteiger partial charge in [-0.25, -0.2) is 0 Å². The molecule has 3 aromatic rings. The van der Waals surface area contributed by atoms with E-state index in [-0.39, 0.29) is 23.8 Å². The van der Waals surface area contributed by atoms with E-state index >= 15 is 0 Å². The van der Waals surface area contributed by atoms with Crippen molar-refractivity contribution >= 4 is 27.5 Å². The number of ether oxygens (including phenoxy) is 2. The zero-order valence-corrected chi connectivity index (χ0v) is 16.7. The van der Waals surface area contributed by atoms with Gasteiger partial charge in [-0.1, -0.05) is 0 Å². The van der Waals surface area contributed by atoms with Crippen LogP contribution < -0.4 is 14.8 Å². The molecule has 8 heteroatoms. The van der Waals surface area contributed by atoms with Gasteiger partial charge in [-0.15, -0.1) is 0 Å². The lowest BCUT2D eigenvalue weighted by atomic mass is 10.00. The molecular weight excluding hydrogens is 430 g/mol. The highest BCUT2D eigenvalue weighted by atomic mass is 79.9. The van der Waals surface area contributed by atoms with E-state index in [0.29, 0.717) is 38.5 Å². The summed E-state index contributed by atoms with van der Waals surface area (Å²) < 4.78 is 16.1. The number of amides is 1. The second kappa shape index (κ2) is 8.26. The Morgan fingerprint density at radius 3 is 2.36 bits per heavy atom. The summed E-state index contributed by atoms with van der Waals surface area (Å²) >= 11 is 3.29. The van der Waals surface area contributed by atoms with Crippen LogP contribution in [0.1, 0.15) is 5.56 Å². The number of furan rings is 1. The number of phenols is 2. The van der Waals surface area contributed by atoms with Crippen molar-refractivity contribution in [2.45, 2.75) is 6.42 Å². The third kappa shape index (κ3) is 4.07. The number of rotatable bonds is 6. The maximum Gasteiger partial charge on any atom is 0.228 e. The van der Waals surface area contributed by atoms with E-state index in [0.717, 1.165) is 0 Å². The van der Waals surface area contributed by atoms with Crippen molar-refractivity contribution < 1.29 is 28.9 Å². The second-order valence-corrected chi connectivity index (χ2v) is 6.68. The molecule has 28 heavy (non-hydrogen) atoms. The van der Waals surface area contributed by atoms with E-state index in [4.69, 9.17) is 13.9 Å². The smallest absolute Gasteiger partial charge is 0.228 e. The quantitative estimate of drug-likeness (QED) is 0.520. The van der Waals surface area contributed by atoms with Crippen LogP contribution in [0, 0.1) is 0 Å². The van der Waals surface area contributed by atoms with Crippen LogP contribution in [0.25, 0.3) is 11.3 Å². The zero-order chi connectivity index (χ0) is 20.3. The first-order chi connectivity index (χ1) is 13.4. The first-order valence-corrected chi connectivity index (χ1v) is 9.02. The summed E-state index contributed by atoms with van der Waals surface area (Å²) in [6, 6.07) is 9.52. The van der Waals surface area contributed by atoms with Crippen LogP contribution in [0.15, 0.2) is 51.6 Å². The molecule has 1 amide bonds. The number of anilines is 1. The van der Waals surface area contributed by atoms with E-state index < -0.39 is 0 Å². The van der Waals surface area contributed by atoms with Crippen molar-refractivity contribution in [3.05, 3.63) is 52.7 Å². The molecule has 0 bridgehead atoms. The van der Waals surface area contributed by atoms with Crippen molar-refractivity contribution in [3.63, 3.8) is 0 Å².